The van der Waals surface area contributed by atoms with Gasteiger partial charge in [-0.25, -0.2) is 0 Å². The highest BCUT2D eigenvalue weighted by atomic mass is 16.3. The number of aromatic nitrogens is 2. The summed E-state index contributed by atoms with van der Waals surface area (Å²) in [4.78, 5) is 12.3. The molecule has 4 N–H and O–H groups in total. The Labute approximate surface area is 123 Å². The van der Waals surface area contributed by atoms with E-state index in [9.17, 15) is 4.79 Å². The van der Waals surface area contributed by atoms with Crippen LogP contribution in [0.4, 0.5) is 5.69 Å². The Morgan fingerprint density at radius 1 is 1.33 bits per heavy atom. The fraction of sp³-hybridized carbons (Fsp3) is 0.333. The summed E-state index contributed by atoms with van der Waals surface area (Å²) in [5.74, 6) is -0.235. The van der Waals surface area contributed by atoms with Gasteiger partial charge in [-0.3, -0.25) is 9.48 Å². The van der Waals surface area contributed by atoms with E-state index < -0.39 is 0 Å². The molecule has 0 bridgehead atoms. The van der Waals surface area contributed by atoms with E-state index in [1.54, 1.807) is 11.6 Å². The number of anilines is 1. The molecule has 0 aliphatic carbocycles. The van der Waals surface area contributed by atoms with Crippen molar-refractivity contribution in [3.8, 4) is 0 Å². The first kappa shape index (κ1) is 15.1. The molecule has 0 fully saturated rings. The van der Waals surface area contributed by atoms with Crippen molar-refractivity contribution >= 4 is 11.6 Å². The number of carbonyl (C=O) groups excluding carboxylic acids is 1. The van der Waals surface area contributed by atoms with Crippen LogP contribution in [0.1, 0.15) is 34.2 Å². The fourth-order valence-electron chi connectivity index (χ4n) is 2.09. The highest BCUT2D eigenvalue weighted by Crippen LogP contribution is 2.16. The molecule has 1 aromatic heterocycles. The molecule has 0 unspecified atom stereocenters. The molecule has 1 amide bonds. The summed E-state index contributed by atoms with van der Waals surface area (Å²) in [5, 5.41) is 16.1. The molecule has 21 heavy (non-hydrogen) atoms. The third kappa shape index (κ3) is 3.22. The lowest BCUT2D eigenvalue weighted by Crippen LogP contribution is -2.26. The maximum Gasteiger partial charge on any atom is 0.271 e. The maximum atomic E-state index is 12.3. The Balaban J connectivity index is 2.07. The number of benzene rings is 1. The van der Waals surface area contributed by atoms with Gasteiger partial charge in [0.05, 0.1) is 18.0 Å². The highest BCUT2D eigenvalue weighted by molar-refractivity contribution is 5.97. The van der Waals surface area contributed by atoms with Crippen LogP contribution >= 0.6 is 0 Å². The second-order valence-electron chi connectivity index (χ2n) is 4.82. The second-order valence-corrected chi connectivity index (χ2v) is 4.82. The number of aryl methyl sites for hydroxylation is 2. The number of rotatable bonds is 5. The zero-order chi connectivity index (χ0) is 15.4. The molecule has 0 aliphatic rings. The minimum Gasteiger partial charge on any atom is -0.395 e. The SMILES string of the molecule is CCn1nc(C)c(N)c1C(=O)NCc1ccc(CO)cc1. The summed E-state index contributed by atoms with van der Waals surface area (Å²) in [6.07, 6.45) is 0. The van der Waals surface area contributed by atoms with Crippen molar-refractivity contribution in [1.29, 1.82) is 0 Å². The third-order valence-corrected chi connectivity index (χ3v) is 3.35. The molecule has 2 rings (SSSR count). The number of aliphatic hydroxyl groups is 1. The van der Waals surface area contributed by atoms with E-state index in [1.165, 1.54) is 0 Å². The number of nitrogen functional groups attached to an aromatic ring is 1. The maximum absolute atomic E-state index is 12.3. The van der Waals surface area contributed by atoms with Crippen molar-refractivity contribution in [3.05, 3.63) is 46.8 Å². The van der Waals surface area contributed by atoms with Gasteiger partial charge < -0.3 is 16.2 Å². The van der Waals surface area contributed by atoms with Gasteiger partial charge >= 0.3 is 0 Å². The zero-order valence-corrected chi connectivity index (χ0v) is 12.3. The molecule has 112 valence electrons. The van der Waals surface area contributed by atoms with E-state index in [1.807, 2.05) is 31.2 Å². The average Bonchev–Trinajstić information content (AvgIpc) is 2.80. The van der Waals surface area contributed by atoms with Gasteiger partial charge in [0.25, 0.3) is 5.91 Å². The molecule has 0 radical (unpaired) electrons. The van der Waals surface area contributed by atoms with E-state index in [0.717, 1.165) is 11.1 Å². The lowest BCUT2D eigenvalue weighted by molar-refractivity contribution is 0.0941. The molecule has 2 aromatic rings. The monoisotopic (exact) mass is 288 g/mol. The molecule has 0 spiro atoms. The van der Waals surface area contributed by atoms with E-state index in [4.69, 9.17) is 10.8 Å². The van der Waals surface area contributed by atoms with Crippen molar-refractivity contribution in [2.75, 3.05) is 5.73 Å². The molecule has 0 atom stereocenters. The molecule has 0 saturated heterocycles. The quantitative estimate of drug-likeness (QED) is 0.771. The predicted molar refractivity (Wildman–Crippen MR) is 80.6 cm³/mol. The van der Waals surface area contributed by atoms with Crippen LogP contribution in [0, 0.1) is 6.92 Å². The normalized spacial score (nSPS) is 10.6. The number of nitrogens with one attached hydrogen (secondary N) is 1. The van der Waals surface area contributed by atoms with Crippen LogP contribution in [0.15, 0.2) is 24.3 Å². The van der Waals surface area contributed by atoms with E-state index in [0.29, 0.717) is 30.2 Å². The summed E-state index contributed by atoms with van der Waals surface area (Å²) in [5.41, 5.74) is 9.20. The fourth-order valence-corrected chi connectivity index (χ4v) is 2.09. The Bertz CT molecular complexity index is 632. The molecular weight excluding hydrogens is 268 g/mol. The zero-order valence-electron chi connectivity index (χ0n) is 12.3. The molecule has 6 nitrogen and oxygen atoms in total. The van der Waals surface area contributed by atoms with Crippen molar-refractivity contribution in [3.63, 3.8) is 0 Å². The van der Waals surface area contributed by atoms with Gasteiger partial charge in [0, 0.05) is 13.1 Å². The third-order valence-electron chi connectivity index (χ3n) is 3.35. The van der Waals surface area contributed by atoms with Crippen LogP contribution in [-0.2, 0) is 19.7 Å². The van der Waals surface area contributed by atoms with Crippen molar-refractivity contribution < 1.29 is 9.90 Å². The van der Waals surface area contributed by atoms with Crippen LogP contribution in [0.25, 0.3) is 0 Å². The molecule has 0 saturated carbocycles. The van der Waals surface area contributed by atoms with E-state index >= 15 is 0 Å². The van der Waals surface area contributed by atoms with Crippen LogP contribution in [0.5, 0.6) is 0 Å². The summed E-state index contributed by atoms with van der Waals surface area (Å²) in [6.45, 7) is 4.70. The Kier molecular flexibility index (Phi) is 4.59. The lowest BCUT2D eigenvalue weighted by Gasteiger charge is -2.08. The van der Waals surface area contributed by atoms with Gasteiger partial charge in [-0.05, 0) is 25.0 Å². The molecule has 1 aromatic carbocycles. The number of aliphatic hydroxyl groups excluding tert-OH is 1. The van der Waals surface area contributed by atoms with Crippen LogP contribution in [0.3, 0.4) is 0 Å². The largest absolute Gasteiger partial charge is 0.395 e. The Hall–Kier alpha value is -2.34. The van der Waals surface area contributed by atoms with E-state index in [-0.39, 0.29) is 12.5 Å². The number of nitrogens with two attached hydrogens (primary N) is 1. The minimum absolute atomic E-state index is 0.0120. The van der Waals surface area contributed by atoms with Crippen LogP contribution < -0.4 is 11.1 Å². The van der Waals surface area contributed by atoms with Gasteiger partial charge in [-0.1, -0.05) is 24.3 Å². The Morgan fingerprint density at radius 3 is 2.52 bits per heavy atom. The smallest absolute Gasteiger partial charge is 0.271 e. The number of carbonyl (C=O) groups is 1. The topological polar surface area (TPSA) is 93.2 Å². The second kappa shape index (κ2) is 6.41. The highest BCUT2D eigenvalue weighted by Gasteiger charge is 2.18. The first-order chi connectivity index (χ1) is 10.1. The number of hydrogen-bond donors (Lipinski definition) is 3. The standard InChI is InChI=1S/C15H20N4O2/c1-3-19-14(13(16)10(2)18-19)15(21)17-8-11-4-6-12(9-20)7-5-11/h4-7,20H,3,8-9,16H2,1-2H3,(H,17,21). The molecule has 0 aliphatic heterocycles. The number of amides is 1. The molecule has 6 heteroatoms. The minimum atomic E-state index is -0.235. The number of hydrogen-bond acceptors (Lipinski definition) is 4. The van der Waals surface area contributed by atoms with Gasteiger partial charge in [0.15, 0.2) is 0 Å². The summed E-state index contributed by atoms with van der Waals surface area (Å²) >= 11 is 0. The summed E-state index contributed by atoms with van der Waals surface area (Å²) in [7, 11) is 0. The molecular formula is C15H20N4O2. The first-order valence-electron chi connectivity index (χ1n) is 6.86. The van der Waals surface area contributed by atoms with Gasteiger partial charge in [-0.2, -0.15) is 5.10 Å². The first-order valence-corrected chi connectivity index (χ1v) is 6.86. The molecule has 1 heterocycles. The summed E-state index contributed by atoms with van der Waals surface area (Å²) < 4.78 is 1.61. The predicted octanol–water partition coefficient (Wildman–Crippen LogP) is 1.22. The van der Waals surface area contributed by atoms with Crippen LogP contribution in [-0.4, -0.2) is 20.8 Å². The van der Waals surface area contributed by atoms with E-state index in [2.05, 4.69) is 10.4 Å². The van der Waals surface area contributed by atoms with Gasteiger partial charge in [0.1, 0.15) is 5.69 Å². The van der Waals surface area contributed by atoms with Gasteiger partial charge in [0.2, 0.25) is 0 Å². The van der Waals surface area contributed by atoms with Gasteiger partial charge in [-0.15, -0.1) is 0 Å². The Morgan fingerprint density at radius 2 is 1.95 bits per heavy atom. The number of nitrogens with zero attached hydrogens (tertiary/aromatic N) is 2. The van der Waals surface area contributed by atoms with Crippen molar-refractivity contribution in [2.45, 2.75) is 33.5 Å². The lowest BCUT2D eigenvalue weighted by atomic mass is 10.1. The van der Waals surface area contributed by atoms with Crippen molar-refractivity contribution in [1.82, 2.24) is 15.1 Å². The summed E-state index contributed by atoms with van der Waals surface area (Å²) in [6, 6.07) is 7.40. The van der Waals surface area contributed by atoms with Crippen LogP contribution in [0.2, 0.25) is 0 Å². The average molecular weight is 288 g/mol. The van der Waals surface area contributed by atoms with Crippen molar-refractivity contribution in [2.24, 2.45) is 0 Å².